The Hall–Kier alpha value is -3.41. The molecule has 1 N–H and O–H groups in total. The van der Waals surface area contributed by atoms with E-state index in [9.17, 15) is 4.79 Å². The largest absolute Gasteiger partial charge is 0.493 e. The molecule has 186 valence electrons. The highest BCUT2D eigenvalue weighted by molar-refractivity contribution is 6.07. The van der Waals surface area contributed by atoms with E-state index in [2.05, 4.69) is 72.7 Å². The average Bonchev–Trinajstić information content (AvgIpc) is 3.13. The molecule has 2 aliphatic heterocycles. The molecule has 0 spiro atoms. The molecule has 1 amide bonds. The topological polar surface area (TPSA) is 50.8 Å². The molecule has 3 aromatic rings. The zero-order valence-corrected chi connectivity index (χ0v) is 21.1. The number of rotatable bonds is 6. The van der Waals surface area contributed by atoms with Crippen LogP contribution >= 0.6 is 0 Å². The highest BCUT2D eigenvalue weighted by atomic mass is 16.5. The van der Waals surface area contributed by atoms with Gasteiger partial charge in [0, 0.05) is 49.0 Å². The minimum Gasteiger partial charge on any atom is -0.493 e. The van der Waals surface area contributed by atoms with E-state index in [0.29, 0.717) is 19.1 Å². The van der Waals surface area contributed by atoms with Gasteiger partial charge in [0.1, 0.15) is 5.75 Å². The highest BCUT2D eigenvalue weighted by Crippen LogP contribution is 2.31. The Bertz CT molecular complexity index is 1230. The van der Waals surface area contributed by atoms with Crippen LogP contribution in [0.5, 0.6) is 5.75 Å². The van der Waals surface area contributed by atoms with Gasteiger partial charge in [0.05, 0.1) is 6.61 Å². The Labute approximate surface area is 213 Å². The summed E-state index contributed by atoms with van der Waals surface area (Å²) < 4.78 is 11.4. The second kappa shape index (κ2) is 11.1. The van der Waals surface area contributed by atoms with E-state index in [1.807, 2.05) is 24.3 Å². The van der Waals surface area contributed by atoms with Crippen molar-refractivity contribution < 1.29 is 14.3 Å². The number of carbonyl (C=O) groups excluding carboxylic acids is 1. The number of benzene rings is 3. The van der Waals surface area contributed by atoms with Crippen LogP contribution in [0, 0.1) is 6.92 Å². The fourth-order valence-corrected chi connectivity index (χ4v) is 4.88. The number of aryl methyl sites for hydroxylation is 1. The minimum absolute atomic E-state index is 0.0840. The number of anilines is 1. The van der Waals surface area contributed by atoms with Crippen LogP contribution < -0.4 is 10.1 Å². The maximum absolute atomic E-state index is 13.1. The SMILES string of the molecule is Cc1ccc(-c2ccc3c(c2)C=C(C(=O)Nc2ccc(CN(C)C4CCOCC4)cc2)CCO3)cc1. The van der Waals surface area contributed by atoms with Crippen LogP contribution in [0.3, 0.4) is 0 Å². The molecule has 2 aliphatic rings. The van der Waals surface area contributed by atoms with Gasteiger partial charge in [0.25, 0.3) is 5.91 Å². The Morgan fingerprint density at radius 1 is 0.944 bits per heavy atom. The van der Waals surface area contributed by atoms with Gasteiger partial charge in [0.15, 0.2) is 0 Å². The predicted octanol–water partition coefficient (Wildman–Crippen LogP) is 6.08. The summed E-state index contributed by atoms with van der Waals surface area (Å²) in [4.78, 5) is 15.5. The fraction of sp³-hybridized carbons (Fsp3) is 0.323. The molecular formula is C31H34N2O3. The zero-order chi connectivity index (χ0) is 24.9. The normalized spacial score (nSPS) is 16.0. The predicted molar refractivity (Wildman–Crippen MR) is 145 cm³/mol. The summed E-state index contributed by atoms with van der Waals surface area (Å²) in [5.74, 6) is 0.728. The van der Waals surface area contributed by atoms with Crippen molar-refractivity contribution in [3.8, 4) is 16.9 Å². The van der Waals surface area contributed by atoms with Gasteiger partial charge in [-0.05, 0) is 73.8 Å². The second-order valence-electron chi connectivity index (χ2n) is 9.80. The number of carbonyl (C=O) groups is 1. The van der Waals surface area contributed by atoms with Crippen molar-refractivity contribution in [3.05, 3.63) is 89.0 Å². The third-order valence-corrected chi connectivity index (χ3v) is 7.10. The number of hydrogen-bond donors (Lipinski definition) is 1. The number of ether oxygens (including phenoxy) is 2. The van der Waals surface area contributed by atoms with E-state index < -0.39 is 0 Å². The second-order valence-corrected chi connectivity index (χ2v) is 9.80. The first kappa shape index (κ1) is 24.3. The summed E-state index contributed by atoms with van der Waals surface area (Å²) in [6.45, 7) is 5.15. The zero-order valence-electron chi connectivity index (χ0n) is 21.1. The first-order chi connectivity index (χ1) is 17.5. The summed E-state index contributed by atoms with van der Waals surface area (Å²) in [5, 5.41) is 3.07. The van der Waals surface area contributed by atoms with Gasteiger partial charge < -0.3 is 14.8 Å². The van der Waals surface area contributed by atoms with E-state index in [0.717, 1.165) is 66.3 Å². The molecule has 3 aromatic carbocycles. The van der Waals surface area contributed by atoms with Crippen LogP contribution in [0.2, 0.25) is 0 Å². The molecule has 36 heavy (non-hydrogen) atoms. The number of nitrogens with zero attached hydrogens (tertiary/aromatic N) is 1. The lowest BCUT2D eigenvalue weighted by molar-refractivity contribution is -0.113. The molecule has 1 saturated heterocycles. The average molecular weight is 483 g/mol. The van der Waals surface area contributed by atoms with Crippen LogP contribution in [0.4, 0.5) is 5.69 Å². The highest BCUT2D eigenvalue weighted by Gasteiger charge is 2.19. The molecule has 5 nitrogen and oxygen atoms in total. The van der Waals surface area contributed by atoms with E-state index in [4.69, 9.17) is 9.47 Å². The standard InChI is InChI=1S/C31H34N2O3/c1-22-3-7-24(8-4-22)25-9-12-30-27(19-25)20-26(13-18-36-30)31(34)32-28-10-5-23(6-11-28)21-33(2)29-14-16-35-17-15-29/h3-12,19-20,29H,13-18,21H2,1-2H3,(H,32,34). The Morgan fingerprint density at radius 3 is 2.42 bits per heavy atom. The summed E-state index contributed by atoms with van der Waals surface area (Å²) >= 11 is 0. The van der Waals surface area contributed by atoms with E-state index in [1.54, 1.807) is 0 Å². The van der Waals surface area contributed by atoms with E-state index >= 15 is 0 Å². The minimum atomic E-state index is -0.0840. The van der Waals surface area contributed by atoms with Crippen molar-refractivity contribution in [1.29, 1.82) is 0 Å². The van der Waals surface area contributed by atoms with E-state index in [1.165, 1.54) is 11.1 Å². The molecule has 0 bridgehead atoms. The summed E-state index contributed by atoms with van der Waals surface area (Å²) in [5.41, 5.74) is 7.18. The van der Waals surface area contributed by atoms with E-state index in [-0.39, 0.29) is 5.91 Å². The molecule has 0 saturated carbocycles. The number of nitrogens with one attached hydrogen (secondary N) is 1. The molecule has 5 heteroatoms. The van der Waals surface area contributed by atoms with Crippen LogP contribution in [-0.2, 0) is 16.1 Å². The molecule has 0 atom stereocenters. The fourth-order valence-electron chi connectivity index (χ4n) is 4.88. The lowest BCUT2D eigenvalue weighted by Crippen LogP contribution is -2.36. The smallest absolute Gasteiger partial charge is 0.251 e. The molecular weight excluding hydrogens is 448 g/mol. The van der Waals surface area contributed by atoms with Crippen LogP contribution in [0.1, 0.15) is 36.0 Å². The van der Waals surface area contributed by atoms with Gasteiger partial charge in [-0.2, -0.15) is 0 Å². The quantitative estimate of drug-likeness (QED) is 0.463. The van der Waals surface area contributed by atoms with Crippen LogP contribution in [0.25, 0.3) is 17.2 Å². The van der Waals surface area contributed by atoms with Crippen LogP contribution in [-0.4, -0.2) is 43.7 Å². The molecule has 0 unspecified atom stereocenters. The monoisotopic (exact) mass is 482 g/mol. The van der Waals surface area contributed by atoms with Gasteiger partial charge in [-0.25, -0.2) is 0 Å². The lowest BCUT2D eigenvalue weighted by atomic mass is 10.00. The summed E-state index contributed by atoms with van der Waals surface area (Å²) in [6, 6.07) is 23.4. The molecule has 0 aromatic heterocycles. The molecule has 0 aliphatic carbocycles. The molecule has 0 radical (unpaired) electrons. The van der Waals surface area contributed by atoms with Gasteiger partial charge in [-0.3, -0.25) is 9.69 Å². The van der Waals surface area contributed by atoms with Crippen molar-refractivity contribution in [1.82, 2.24) is 4.90 Å². The Kier molecular flexibility index (Phi) is 7.49. The first-order valence-corrected chi connectivity index (χ1v) is 12.8. The molecule has 1 fully saturated rings. The van der Waals surface area contributed by atoms with Crippen LogP contribution in [0.15, 0.2) is 72.3 Å². The molecule has 5 rings (SSSR count). The number of amides is 1. The summed E-state index contributed by atoms with van der Waals surface area (Å²) in [6.07, 6.45) is 4.69. The van der Waals surface area contributed by atoms with Gasteiger partial charge in [-0.15, -0.1) is 0 Å². The van der Waals surface area contributed by atoms with Crippen molar-refractivity contribution in [2.45, 2.75) is 38.8 Å². The Morgan fingerprint density at radius 2 is 1.67 bits per heavy atom. The third-order valence-electron chi connectivity index (χ3n) is 7.10. The van der Waals surface area contributed by atoms with Gasteiger partial charge >= 0.3 is 0 Å². The van der Waals surface area contributed by atoms with Crippen molar-refractivity contribution in [3.63, 3.8) is 0 Å². The van der Waals surface area contributed by atoms with Gasteiger partial charge in [0.2, 0.25) is 0 Å². The Balaban J connectivity index is 1.26. The maximum atomic E-state index is 13.1. The van der Waals surface area contributed by atoms with Crippen molar-refractivity contribution in [2.75, 3.05) is 32.2 Å². The summed E-state index contributed by atoms with van der Waals surface area (Å²) in [7, 11) is 2.17. The van der Waals surface area contributed by atoms with Crippen molar-refractivity contribution in [2.24, 2.45) is 0 Å². The third kappa shape index (κ3) is 5.86. The number of hydrogen-bond acceptors (Lipinski definition) is 4. The van der Waals surface area contributed by atoms with Crippen molar-refractivity contribution >= 4 is 17.7 Å². The van der Waals surface area contributed by atoms with Gasteiger partial charge in [-0.1, -0.05) is 48.0 Å². The first-order valence-electron chi connectivity index (χ1n) is 12.8. The number of fused-ring (bicyclic) bond motifs is 1. The maximum Gasteiger partial charge on any atom is 0.251 e. The molecule has 2 heterocycles. The lowest BCUT2D eigenvalue weighted by Gasteiger charge is -2.31.